The molecule has 1 aromatic heterocycles. The number of aromatic nitrogens is 2. The van der Waals surface area contributed by atoms with Crippen LogP contribution in [0, 0.1) is 11.6 Å². The molecule has 1 aliphatic rings. The largest absolute Gasteiger partial charge is 0.496 e. The number of amides is 1. The van der Waals surface area contributed by atoms with Gasteiger partial charge in [-0.05, 0) is 37.8 Å². The predicted octanol–water partition coefficient (Wildman–Crippen LogP) is 2.44. The van der Waals surface area contributed by atoms with Crippen molar-refractivity contribution in [2.75, 3.05) is 18.2 Å². The summed E-state index contributed by atoms with van der Waals surface area (Å²) in [6.07, 6.45) is 4.44. The van der Waals surface area contributed by atoms with Gasteiger partial charge in [-0.15, -0.1) is 0 Å². The molecule has 30 heavy (non-hydrogen) atoms. The summed E-state index contributed by atoms with van der Waals surface area (Å²) in [4.78, 5) is 32.1. The zero-order valence-electron chi connectivity index (χ0n) is 16.7. The molecule has 0 radical (unpaired) electrons. The number of nitrogens with two attached hydrogens (primary N) is 1. The maximum Gasteiger partial charge on any atom is 0.224 e. The highest BCUT2D eigenvalue weighted by atomic mass is 19.2. The molecule has 2 aromatic rings. The molecular formula is C20H23F2N5O3. The second-order valence-corrected chi connectivity index (χ2v) is 7.15. The second kappa shape index (κ2) is 9.02. The average Bonchev–Trinajstić information content (AvgIpc) is 2.70. The number of ketones is 1. The lowest BCUT2D eigenvalue weighted by atomic mass is 9.91. The first kappa shape index (κ1) is 21.4. The lowest BCUT2D eigenvalue weighted by Gasteiger charge is -2.29. The van der Waals surface area contributed by atoms with Crippen LogP contribution >= 0.6 is 0 Å². The number of nitrogens with one attached hydrogen (secondary N) is 2. The summed E-state index contributed by atoms with van der Waals surface area (Å²) in [5.41, 5.74) is 5.18. The molecule has 0 unspecified atom stereocenters. The standard InChI is InChI=1S/C20H23F2N5O3/c1-10(28)25-11-3-5-12(6-4-11)26-20-24-9-13(19(23)27-20)18(29)16-15(30-2)8-7-14(21)17(16)22/h7-9,11-12H,3-6H2,1-2H3,(H,25,28)(H3,23,24,26,27)/t11-,12-. The van der Waals surface area contributed by atoms with Crippen molar-refractivity contribution in [2.24, 2.45) is 0 Å². The van der Waals surface area contributed by atoms with Crippen LogP contribution in [0.1, 0.15) is 48.5 Å². The minimum atomic E-state index is -1.32. The van der Waals surface area contributed by atoms with Gasteiger partial charge >= 0.3 is 0 Å². The van der Waals surface area contributed by atoms with E-state index >= 15 is 0 Å². The van der Waals surface area contributed by atoms with Gasteiger partial charge in [0.25, 0.3) is 0 Å². The maximum atomic E-state index is 14.2. The lowest BCUT2D eigenvalue weighted by Crippen LogP contribution is -2.39. The number of methoxy groups -OCH3 is 1. The fraction of sp³-hybridized carbons (Fsp3) is 0.400. The number of carbonyl (C=O) groups is 2. The number of nitrogen functional groups attached to an aromatic ring is 1. The van der Waals surface area contributed by atoms with Crippen molar-refractivity contribution in [3.8, 4) is 5.75 Å². The van der Waals surface area contributed by atoms with Gasteiger partial charge in [-0.3, -0.25) is 9.59 Å². The molecule has 0 atom stereocenters. The number of carbonyl (C=O) groups excluding carboxylic acids is 2. The van der Waals surface area contributed by atoms with Crippen LogP contribution in [0.15, 0.2) is 18.3 Å². The van der Waals surface area contributed by atoms with Crippen LogP contribution in [0.2, 0.25) is 0 Å². The van der Waals surface area contributed by atoms with Gasteiger partial charge in [0.2, 0.25) is 17.6 Å². The Labute approximate surface area is 172 Å². The van der Waals surface area contributed by atoms with E-state index in [9.17, 15) is 18.4 Å². The molecular weight excluding hydrogens is 396 g/mol. The number of ether oxygens (including phenoxy) is 1. The monoisotopic (exact) mass is 419 g/mol. The number of halogens is 2. The Hall–Kier alpha value is -3.30. The van der Waals surface area contributed by atoms with Crippen LogP contribution in [0.3, 0.4) is 0 Å². The van der Waals surface area contributed by atoms with Crippen LogP contribution in [0.25, 0.3) is 0 Å². The van der Waals surface area contributed by atoms with E-state index in [-0.39, 0.29) is 41.1 Å². The first-order valence-corrected chi connectivity index (χ1v) is 9.53. The number of hydrogen-bond acceptors (Lipinski definition) is 7. The summed E-state index contributed by atoms with van der Waals surface area (Å²) < 4.78 is 32.8. The zero-order chi connectivity index (χ0) is 21.8. The van der Waals surface area contributed by atoms with Gasteiger partial charge in [-0.1, -0.05) is 0 Å². The van der Waals surface area contributed by atoms with Gasteiger partial charge < -0.3 is 21.1 Å². The number of hydrogen-bond donors (Lipinski definition) is 3. The Bertz CT molecular complexity index is 962. The molecule has 1 heterocycles. The third-order valence-electron chi connectivity index (χ3n) is 5.03. The molecule has 4 N–H and O–H groups in total. The zero-order valence-corrected chi connectivity index (χ0v) is 16.7. The van der Waals surface area contributed by atoms with E-state index in [0.717, 1.165) is 37.8 Å². The van der Waals surface area contributed by atoms with Gasteiger partial charge in [0, 0.05) is 25.2 Å². The molecule has 0 bridgehead atoms. The van der Waals surface area contributed by atoms with Gasteiger partial charge in [0.1, 0.15) is 17.1 Å². The molecule has 1 amide bonds. The molecule has 160 valence electrons. The predicted molar refractivity (Wildman–Crippen MR) is 106 cm³/mol. The molecule has 1 saturated carbocycles. The van der Waals surface area contributed by atoms with Crippen LogP contribution in [0.4, 0.5) is 20.5 Å². The highest BCUT2D eigenvalue weighted by Gasteiger charge is 2.26. The summed E-state index contributed by atoms with van der Waals surface area (Å²) in [6.45, 7) is 1.50. The molecule has 0 saturated heterocycles. The van der Waals surface area contributed by atoms with Gasteiger partial charge in [0.15, 0.2) is 11.6 Å². The number of rotatable bonds is 6. The summed E-state index contributed by atoms with van der Waals surface area (Å²) in [7, 11) is 1.25. The van der Waals surface area contributed by atoms with Gasteiger partial charge in [-0.25, -0.2) is 13.8 Å². The molecule has 1 aromatic carbocycles. The fourth-order valence-corrected chi connectivity index (χ4v) is 3.54. The summed E-state index contributed by atoms with van der Waals surface area (Å²) in [5.74, 6) is -3.45. The minimum Gasteiger partial charge on any atom is -0.496 e. The van der Waals surface area contributed by atoms with E-state index in [0.29, 0.717) is 0 Å². The van der Waals surface area contributed by atoms with Crippen LogP contribution in [-0.4, -0.2) is 40.9 Å². The van der Waals surface area contributed by atoms with Crippen molar-refractivity contribution < 1.29 is 23.1 Å². The van der Waals surface area contributed by atoms with E-state index in [1.54, 1.807) is 0 Å². The van der Waals surface area contributed by atoms with Crippen molar-refractivity contribution in [1.29, 1.82) is 0 Å². The van der Waals surface area contributed by atoms with E-state index in [1.807, 2.05) is 0 Å². The Morgan fingerprint density at radius 1 is 1.17 bits per heavy atom. The van der Waals surface area contributed by atoms with E-state index in [1.165, 1.54) is 20.2 Å². The Balaban J connectivity index is 1.73. The van der Waals surface area contributed by atoms with E-state index in [4.69, 9.17) is 10.5 Å². The molecule has 8 nitrogen and oxygen atoms in total. The molecule has 1 fully saturated rings. The average molecular weight is 419 g/mol. The summed E-state index contributed by atoms with van der Waals surface area (Å²) in [6, 6.07) is 2.29. The van der Waals surface area contributed by atoms with Crippen molar-refractivity contribution in [3.05, 3.63) is 41.1 Å². The molecule has 3 rings (SSSR count). The molecule has 10 heteroatoms. The third kappa shape index (κ3) is 4.64. The summed E-state index contributed by atoms with van der Waals surface area (Å²) in [5, 5.41) is 6.07. The number of anilines is 2. The van der Waals surface area contributed by atoms with Crippen molar-refractivity contribution in [1.82, 2.24) is 15.3 Å². The van der Waals surface area contributed by atoms with E-state index < -0.39 is 23.0 Å². The van der Waals surface area contributed by atoms with Crippen LogP contribution < -0.4 is 21.1 Å². The minimum absolute atomic E-state index is 0.0471. The van der Waals surface area contributed by atoms with Gasteiger partial charge in [-0.2, -0.15) is 4.98 Å². The normalized spacial score (nSPS) is 18.5. The number of benzene rings is 1. The molecule has 0 aliphatic heterocycles. The van der Waals surface area contributed by atoms with Crippen molar-refractivity contribution in [2.45, 2.75) is 44.7 Å². The maximum absolute atomic E-state index is 14.2. The lowest BCUT2D eigenvalue weighted by molar-refractivity contribution is -0.119. The second-order valence-electron chi connectivity index (χ2n) is 7.15. The fourth-order valence-electron chi connectivity index (χ4n) is 3.54. The topological polar surface area (TPSA) is 119 Å². The highest BCUT2D eigenvalue weighted by Crippen LogP contribution is 2.28. The third-order valence-corrected chi connectivity index (χ3v) is 5.03. The SMILES string of the molecule is COc1ccc(F)c(F)c1C(=O)c1cnc(N[C@H]2CC[C@H](NC(C)=O)CC2)nc1N. The van der Waals surface area contributed by atoms with Crippen LogP contribution in [-0.2, 0) is 4.79 Å². The first-order chi connectivity index (χ1) is 14.3. The Kier molecular flexibility index (Phi) is 6.43. The smallest absolute Gasteiger partial charge is 0.224 e. The highest BCUT2D eigenvalue weighted by molar-refractivity contribution is 6.13. The quantitative estimate of drug-likeness (QED) is 0.615. The van der Waals surface area contributed by atoms with Crippen LogP contribution in [0.5, 0.6) is 5.75 Å². The number of nitrogens with zero attached hydrogens (tertiary/aromatic N) is 2. The van der Waals surface area contributed by atoms with Crippen molar-refractivity contribution >= 4 is 23.5 Å². The molecule has 1 aliphatic carbocycles. The Morgan fingerprint density at radius 3 is 2.43 bits per heavy atom. The van der Waals surface area contributed by atoms with Crippen molar-refractivity contribution in [3.63, 3.8) is 0 Å². The Morgan fingerprint density at radius 2 is 1.83 bits per heavy atom. The van der Waals surface area contributed by atoms with Gasteiger partial charge in [0.05, 0.1) is 12.7 Å². The van der Waals surface area contributed by atoms with E-state index in [2.05, 4.69) is 20.6 Å². The molecule has 0 spiro atoms. The first-order valence-electron chi connectivity index (χ1n) is 9.53. The summed E-state index contributed by atoms with van der Waals surface area (Å²) >= 11 is 0.